The van der Waals surface area contributed by atoms with Crippen LogP contribution in [0.3, 0.4) is 0 Å². The van der Waals surface area contributed by atoms with Crippen LogP contribution in [0.5, 0.6) is 0 Å². The third kappa shape index (κ3) is 4.97. The van der Waals surface area contributed by atoms with Gasteiger partial charge in [-0.25, -0.2) is 4.98 Å². The van der Waals surface area contributed by atoms with E-state index in [-0.39, 0.29) is 13.2 Å². The summed E-state index contributed by atoms with van der Waals surface area (Å²) in [6.45, 7) is 4.02. The second-order valence-electron chi connectivity index (χ2n) is 5.83. The number of nitrogens with zero attached hydrogens (tertiary/aromatic N) is 3. The number of hydrogen-bond acceptors (Lipinski definition) is 5. The Balaban J connectivity index is 1.86. The minimum Gasteiger partial charge on any atom is -0.396 e. The van der Waals surface area contributed by atoms with Gasteiger partial charge in [0.25, 0.3) is 0 Å². The molecule has 0 amide bonds. The summed E-state index contributed by atoms with van der Waals surface area (Å²) in [5.74, 6) is 0.951. The van der Waals surface area contributed by atoms with Crippen molar-refractivity contribution >= 4 is 19.3 Å². The molecule has 2 N–H and O–H groups in total. The Morgan fingerprint density at radius 1 is 1.14 bits per heavy atom. The number of piperidine rings is 1. The molecular weight excluding hydrogens is 277 g/mol. The van der Waals surface area contributed by atoms with E-state index in [1.807, 2.05) is 12.1 Å². The lowest BCUT2D eigenvalue weighted by molar-refractivity contribution is 0.128. The monoisotopic (exact) mass is 303 g/mol. The Labute approximate surface area is 134 Å². The zero-order chi connectivity index (χ0) is 15.8. The lowest BCUT2D eigenvalue weighted by atomic mass is 10.0. The molecule has 2 radical (unpaired) electrons. The molecule has 0 saturated carbocycles. The van der Waals surface area contributed by atoms with Crippen LogP contribution < -0.4 is 10.5 Å². The Hall–Kier alpha value is -1.11. The van der Waals surface area contributed by atoms with Crippen LogP contribution in [0.25, 0.3) is 0 Å². The maximum atomic E-state index is 9.26. The topological polar surface area (TPSA) is 59.8 Å². The highest BCUT2D eigenvalue weighted by Gasteiger charge is 2.24. The first-order valence-corrected chi connectivity index (χ1v) is 8.18. The van der Waals surface area contributed by atoms with E-state index in [9.17, 15) is 5.11 Å². The second kappa shape index (κ2) is 9.13. The fraction of sp³-hybridized carbons (Fsp3) is 0.688. The van der Waals surface area contributed by atoms with E-state index < -0.39 is 0 Å². The second-order valence-corrected chi connectivity index (χ2v) is 5.83. The Morgan fingerprint density at radius 2 is 1.91 bits per heavy atom. The van der Waals surface area contributed by atoms with Gasteiger partial charge in [-0.1, -0.05) is 12.1 Å². The van der Waals surface area contributed by atoms with Gasteiger partial charge in [0.15, 0.2) is 0 Å². The van der Waals surface area contributed by atoms with Gasteiger partial charge in [0.05, 0.1) is 6.61 Å². The molecule has 1 saturated heterocycles. The zero-order valence-corrected chi connectivity index (χ0v) is 13.2. The van der Waals surface area contributed by atoms with Gasteiger partial charge in [0, 0.05) is 32.3 Å². The van der Waals surface area contributed by atoms with Crippen molar-refractivity contribution in [1.82, 2.24) is 9.88 Å². The molecule has 120 valence electrons. The van der Waals surface area contributed by atoms with E-state index >= 15 is 0 Å². The highest BCUT2D eigenvalue weighted by atomic mass is 16.3. The third-order valence-corrected chi connectivity index (χ3v) is 4.30. The lowest BCUT2D eigenvalue weighted by Crippen LogP contribution is -2.46. The van der Waals surface area contributed by atoms with Gasteiger partial charge in [0.2, 0.25) is 0 Å². The maximum Gasteiger partial charge on any atom is 0.141 e. The first kappa shape index (κ1) is 17.3. The molecule has 1 aromatic heterocycles. The first-order valence-electron chi connectivity index (χ1n) is 8.18. The summed E-state index contributed by atoms with van der Waals surface area (Å²) in [6, 6.07) is 6.25. The fourth-order valence-electron chi connectivity index (χ4n) is 3.11. The van der Waals surface area contributed by atoms with Crippen molar-refractivity contribution in [3.8, 4) is 0 Å². The molecule has 0 aromatic carbocycles. The van der Waals surface area contributed by atoms with Crippen molar-refractivity contribution in [2.24, 2.45) is 0 Å². The summed E-state index contributed by atoms with van der Waals surface area (Å²) >= 11 is 0. The summed E-state index contributed by atoms with van der Waals surface area (Å²) in [5, 5.41) is 18.2. The van der Waals surface area contributed by atoms with Gasteiger partial charge < -0.3 is 15.1 Å². The highest BCUT2D eigenvalue weighted by molar-refractivity contribution is 6.30. The number of unbranched alkanes of at least 4 members (excludes halogenated alkanes) is 1. The molecule has 0 unspecified atom stereocenters. The fourth-order valence-corrected chi connectivity index (χ4v) is 3.11. The number of rotatable bonds is 8. The van der Waals surface area contributed by atoms with Crippen LogP contribution in [-0.2, 0) is 0 Å². The number of aromatic nitrogens is 1. The Morgan fingerprint density at radius 3 is 2.55 bits per heavy atom. The summed E-state index contributed by atoms with van der Waals surface area (Å²) in [5.41, 5.74) is 0.561. The van der Waals surface area contributed by atoms with Crippen LogP contribution in [0.1, 0.15) is 25.7 Å². The minimum absolute atomic E-state index is 0.191. The first-order chi connectivity index (χ1) is 10.7. The van der Waals surface area contributed by atoms with Gasteiger partial charge in [-0.2, -0.15) is 0 Å². The van der Waals surface area contributed by atoms with E-state index in [4.69, 9.17) is 13.0 Å². The number of pyridine rings is 1. The van der Waals surface area contributed by atoms with Crippen molar-refractivity contribution in [2.45, 2.75) is 31.7 Å². The number of anilines is 1. The van der Waals surface area contributed by atoms with Crippen molar-refractivity contribution < 1.29 is 10.2 Å². The molecule has 5 nitrogen and oxygen atoms in total. The van der Waals surface area contributed by atoms with Gasteiger partial charge in [-0.3, -0.25) is 4.90 Å². The zero-order valence-electron chi connectivity index (χ0n) is 13.2. The third-order valence-electron chi connectivity index (χ3n) is 4.30. The van der Waals surface area contributed by atoms with E-state index in [0.29, 0.717) is 18.2 Å². The van der Waals surface area contributed by atoms with Gasteiger partial charge in [-0.05, 0) is 43.9 Å². The van der Waals surface area contributed by atoms with Crippen LogP contribution in [0, 0.1) is 0 Å². The molecule has 2 heterocycles. The van der Waals surface area contributed by atoms with Gasteiger partial charge in [0.1, 0.15) is 13.7 Å². The van der Waals surface area contributed by atoms with Crippen molar-refractivity contribution in [3.05, 3.63) is 18.2 Å². The van der Waals surface area contributed by atoms with E-state index in [0.717, 1.165) is 51.1 Å². The van der Waals surface area contributed by atoms with Crippen molar-refractivity contribution in [3.63, 3.8) is 0 Å². The molecule has 0 atom stereocenters. The normalized spacial score (nSPS) is 16.4. The molecule has 22 heavy (non-hydrogen) atoms. The molecule has 1 aromatic rings. The lowest BCUT2D eigenvalue weighted by Gasteiger charge is -2.39. The average Bonchev–Trinajstić information content (AvgIpc) is 2.54. The number of aliphatic hydroxyl groups excluding tert-OH is 2. The molecular formula is C16H26BN3O2. The van der Waals surface area contributed by atoms with E-state index in [2.05, 4.69) is 14.8 Å². The van der Waals surface area contributed by atoms with Crippen LogP contribution >= 0.6 is 0 Å². The summed E-state index contributed by atoms with van der Waals surface area (Å²) < 4.78 is 0. The number of hydrogen-bond donors (Lipinski definition) is 2. The predicted octanol–water partition coefficient (Wildman–Crippen LogP) is -0.0890. The molecule has 2 rings (SSSR count). The SMILES string of the molecule is [B]c1cccc(N2CCC(N(CCO)CCCCO)CC2)n1. The average molecular weight is 303 g/mol. The van der Waals surface area contributed by atoms with Crippen molar-refractivity contribution in [1.29, 1.82) is 0 Å². The van der Waals surface area contributed by atoms with Crippen molar-refractivity contribution in [2.75, 3.05) is 44.3 Å². The smallest absolute Gasteiger partial charge is 0.141 e. The summed E-state index contributed by atoms with van der Waals surface area (Å²) in [6.07, 6.45) is 3.94. The maximum absolute atomic E-state index is 9.26. The summed E-state index contributed by atoms with van der Waals surface area (Å²) in [4.78, 5) is 9.02. The van der Waals surface area contributed by atoms with Gasteiger partial charge in [-0.15, -0.1) is 0 Å². The van der Waals surface area contributed by atoms with Crippen LogP contribution in [0.4, 0.5) is 5.82 Å². The molecule has 0 spiro atoms. The minimum atomic E-state index is 0.191. The highest BCUT2D eigenvalue weighted by Crippen LogP contribution is 2.20. The molecule has 1 aliphatic heterocycles. The standard InChI is InChI=1S/C16H26BN3O2/c17-15-4-3-5-16(18-15)20-9-6-14(7-10-20)19(11-13-22)8-1-2-12-21/h3-5,14,21-22H,1-2,6-13H2. The molecule has 6 heteroatoms. The van der Waals surface area contributed by atoms with Crippen LogP contribution in [0.15, 0.2) is 18.2 Å². The van der Waals surface area contributed by atoms with Crippen LogP contribution in [-0.4, -0.2) is 73.4 Å². The molecule has 0 aliphatic carbocycles. The molecule has 0 bridgehead atoms. The van der Waals surface area contributed by atoms with E-state index in [1.165, 1.54) is 0 Å². The quantitative estimate of drug-likeness (QED) is 0.519. The molecule has 1 aliphatic rings. The molecule has 1 fully saturated rings. The van der Waals surface area contributed by atoms with Gasteiger partial charge >= 0.3 is 0 Å². The van der Waals surface area contributed by atoms with E-state index in [1.54, 1.807) is 6.07 Å². The largest absolute Gasteiger partial charge is 0.396 e. The Kier molecular flexibility index (Phi) is 7.16. The number of aliphatic hydroxyl groups is 2. The van der Waals surface area contributed by atoms with Crippen LogP contribution in [0.2, 0.25) is 0 Å². The predicted molar refractivity (Wildman–Crippen MR) is 89.8 cm³/mol. The summed E-state index contributed by atoms with van der Waals surface area (Å²) in [7, 11) is 5.75. The Bertz CT molecular complexity index is 439.